The van der Waals surface area contributed by atoms with Gasteiger partial charge in [-0.2, -0.15) is 11.8 Å². The highest BCUT2D eigenvalue weighted by atomic mass is 32.2. The van der Waals surface area contributed by atoms with E-state index in [-0.39, 0.29) is 5.69 Å². The lowest BCUT2D eigenvalue weighted by Crippen LogP contribution is -2.09. The molecule has 102 valence electrons. The minimum Gasteiger partial charge on any atom is -0.476 e. The van der Waals surface area contributed by atoms with Crippen LogP contribution in [0.25, 0.3) is 5.65 Å². The molecule has 0 bridgehead atoms. The molecule has 0 saturated carbocycles. The Morgan fingerprint density at radius 3 is 3.11 bits per heavy atom. The lowest BCUT2D eigenvalue weighted by atomic mass is 10.4. The summed E-state index contributed by atoms with van der Waals surface area (Å²) in [6, 6.07) is 5.43. The molecular formula is C13H17N3O2S. The van der Waals surface area contributed by atoms with Crippen LogP contribution < -0.4 is 5.32 Å². The molecule has 0 aliphatic rings. The molecule has 2 aromatic rings. The van der Waals surface area contributed by atoms with Crippen molar-refractivity contribution in [3.8, 4) is 0 Å². The minimum absolute atomic E-state index is 0.193. The predicted octanol–water partition coefficient (Wildman–Crippen LogP) is 2.59. The van der Waals surface area contributed by atoms with Gasteiger partial charge in [0.2, 0.25) is 0 Å². The van der Waals surface area contributed by atoms with Gasteiger partial charge in [0.15, 0.2) is 11.5 Å². The molecule has 6 heteroatoms. The van der Waals surface area contributed by atoms with Gasteiger partial charge in [-0.05, 0) is 30.1 Å². The first-order valence-corrected chi connectivity index (χ1v) is 7.41. The number of hydrogen-bond acceptors (Lipinski definition) is 4. The van der Waals surface area contributed by atoms with Crippen LogP contribution in [0.15, 0.2) is 24.4 Å². The topological polar surface area (TPSA) is 66.6 Å². The molecule has 0 amide bonds. The van der Waals surface area contributed by atoms with Crippen molar-refractivity contribution in [2.45, 2.75) is 13.3 Å². The third kappa shape index (κ3) is 3.20. The first kappa shape index (κ1) is 13.7. The predicted molar refractivity (Wildman–Crippen MR) is 78.3 cm³/mol. The van der Waals surface area contributed by atoms with Crippen molar-refractivity contribution in [1.82, 2.24) is 9.38 Å². The number of anilines is 1. The number of aromatic carboxylic acids is 1. The van der Waals surface area contributed by atoms with E-state index in [0.29, 0.717) is 11.5 Å². The number of fused-ring (bicyclic) bond motifs is 1. The van der Waals surface area contributed by atoms with Crippen LogP contribution >= 0.6 is 11.8 Å². The molecule has 5 nitrogen and oxygen atoms in total. The number of hydrogen-bond donors (Lipinski definition) is 2. The Labute approximate surface area is 116 Å². The second kappa shape index (κ2) is 6.47. The maximum Gasteiger partial charge on any atom is 0.356 e. The van der Waals surface area contributed by atoms with Crippen LogP contribution in [0.5, 0.6) is 0 Å². The zero-order valence-corrected chi connectivity index (χ0v) is 11.6. The summed E-state index contributed by atoms with van der Waals surface area (Å²) in [6.07, 6.45) is 2.70. The van der Waals surface area contributed by atoms with Gasteiger partial charge in [-0.15, -0.1) is 0 Å². The van der Waals surface area contributed by atoms with E-state index in [2.05, 4.69) is 17.2 Å². The Balaban J connectivity index is 2.13. The summed E-state index contributed by atoms with van der Waals surface area (Å²) in [5.74, 6) is 1.65. The maximum absolute atomic E-state index is 11.3. The van der Waals surface area contributed by atoms with Gasteiger partial charge in [0, 0.05) is 12.7 Å². The fourth-order valence-electron chi connectivity index (χ4n) is 1.85. The van der Waals surface area contributed by atoms with Crippen LogP contribution in [-0.4, -0.2) is 38.5 Å². The van der Waals surface area contributed by atoms with Crippen molar-refractivity contribution < 1.29 is 9.90 Å². The lowest BCUT2D eigenvalue weighted by molar-refractivity contribution is 0.0690. The van der Waals surface area contributed by atoms with Gasteiger partial charge in [-0.25, -0.2) is 9.78 Å². The Morgan fingerprint density at radius 1 is 1.53 bits per heavy atom. The number of nitrogens with zero attached hydrogens (tertiary/aromatic N) is 2. The van der Waals surface area contributed by atoms with E-state index >= 15 is 0 Å². The van der Waals surface area contributed by atoms with Gasteiger partial charge < -0.3 is 10.4 Å². The van der Waals surface area contributed by atoms with Crippen molar-refractivity contribution in [2.75, 3.05) is 23.4 Å². The van der Waals surface area contributed by atoms with Gasteiger partial charge in [0.1, 0.15) is 5.65 Å². The number of pyridine rings is 1. The van der Waals surface area contributed by atoms with E-state index in [0.717, 1.165) is 24.5 Å². The normalized spacial score (nSPS) is 10.8. The third-order valence-corrected chi connectivity index (χ3v) is 3.68. The van der Waals surface area contributed by atoms with Crippen LogP contribution in [-0.2, 0) is 0 Å². The number of imidazole rings is 1. The molecule has 0 aliphatic heterocycles. The van der Waals surface area contributed by atoms with E-state index < -0.39 is 5.97 Å². The first-order valence-electron chi connectivity index (χ1n) is 6.26. The van der Waals surface area contributed by atoms with Crippen LogP contribution in [0.2, 0.25) is 0 Å². The summed E-state index contributed by atoms with van der Waals surface area (Å²) in [5.41, 5.74) is 0.837. The van der Waals surface area contributed by atoms with E-state index in [1.54, 1.807) is 22.7 Å². The van der Waals surface area contributed by atoms with Crippen molar-refractivity contribution in [2.24, 2.45) is 0 Å². The lowest BCUT2D eigenvalue weighted by Gasteiger charge is -2.04. The molecule has 2 rings (SSSR count). The van der Waals surface area contributed by atoms with E-state index in [9.17, 15) is 9.90 Å². The Bertz CT molecular complexity index is 568. The number of thioether (sulfide) groups is 1. The number of carbonyl (C=O) groups is 1. The molecule has 2 N–H and O–H groups in total. The van der Waals surface area contributed by atoms with Crippen LogP contribution in [0.1, 0.15) is 23.8 Å². The second-order valence-electron chi connectivity index (χ2n) is 4.02. The quantitative estimate of drug-likeness (QED) is 0.763. The zero-order valence-electron chi connectivity index (χ0n) is 10.8. The molecule has 2 heterocycles. The minimum atomic E-state index is -0.968. The summed E-state index contributed by atoms with van der Waals surface area (Å²) < 4.78 is 1.59. The molecule has 19 heavy (non-hydrogen) atoms. The number of rotatable bonds is 7. The molecule has 0 fully saturated rings. The van der Waals surface area contributed by atoms with Gasteiger partial charge in [-0.1, -0.05) is 13.0 Å². The highest BCUT2D eigenvalue weighted by Crippen LogP contribution is 2.17. The third-order valence-electron chi connectivity index (χ3n) is 2.69. The Kier molecular flexibility index (Phi) is 4.68. The van der Waals surface area contributed by atoms with E-state index in [1.165, 1.54) is 0 Å². The van der Waals surface area contributed by atoms with Crippen LogP contribution in [0.4, 0.5) is 5.82 Å². The van der Waals surface area contributed by atoms with Gasteiger partial charge in [-0.3, -0.25) is 4.40 Å². The highest BCUT2D eigenvalue weighted by Gasteiger charge is 2.17. The SMILES string of the molecule is CCSCCCNc1nc2ccccn2c1C(=O)O. The van der Waals surface area contributed by atoms with E-state index in [4.69, 9.17) is 0 Å². The van der Waals surface area contributed by atoms with Gasteiger partial charge >= 0.3 is 5.97 Å². The fraction of sp³-hybridized carbons (Fsp3) is 0.385. The molecule has 0 aliphatic carbocycles. The average molecular weight is 279 g/mol. The monoisotopic (exact) mass is 279 g/mol. The van der Waals surface area contributed by atoms with Crippen molar-refractivity contribution >= 4 is 29.2 Å². The number of carboxylic acid groups (broad SMARTS) is 1. The van der Waals surface area contributed by atoms with Gasteiger partial charge in [0.25, 0.3) is 0 Å². The molecule has 0 saturated heterocycles. The number of aromatic nitrogens is 2. The maximum atomic E-state index is 11.3. The largest absolute Gasteiger partial charge is 0.476 e. The Hall–Kier alpha value is -1.69. The molecule has 0 aromatic carbocycles. The Morgan fingerprint density at radius 2 is 2.37 bits per heavy atom. The summed E-state index contributed by atoms with van der Waals surface area (Å²) in [7, 11) is 0. The summed E-state index contributed by atoms with van der Waals surface area (Å²) in [6.45, 7) is 2.86. The fourth-order valence-corrected chi connectivity index (χ4v) is 2.49. The molecular weight excluding hydrogens is 262 g/mol. The van der Waals surface area contributed by atoms with Crippen molar-refractivity contribution in [3.05, 3.63) is 30.1 Å². The van der Waals surface area contributed by atoms with Crippen molar-refractivity contribution in [1.29, 1.82) is 0 Å². The highest BCUT2D eigenvalue weighted by molar-refractivity contribution is 7.99. The molecule has 0 radical (unpaired) electrons. The van der Waals surface area contributed by atoms with Gasteiger partial charge in [0.05, 0.1) is 0 Å². The van der Waals surface area contributed by atoms with E-state index in [1.807, 2.05) is 17.8 Å². The summed E-state index contributed by atoms with van der Waals surface area (Å²) in [4.78, 5) is 15.6. The average Bonchev–Trinajstić information content (AvgIpc) is 2.76. The molecule has 0 unspecified atom stereocenters. The molecule has 2 aromatic heterocycles. The smallest absolute Gasteiger partial charge is 0.356 e. The van der Waals surface area contributed by atoms with Crippen molar-refractivity contribution in [3.63, 3.8) is 0 Å². The number of nitrogens with one attached hydrogen (secondary N) is 1. The first-order chi connectivity index (χ1) is 9.24. The molecule has 0 spiro atoms. The zero-order chi connectivity index (χ0) is 13.7. The summed E-state index contributed by atoms with van der Waals surface area (Å²) in [5, 5.41) is 12.4. The van der Waals surface area contributed by atoms with Crippen LogP contribution in [0.3, 0.4) is 0 Å². The summed E-state index contributed by atoms with van der Waals surface area (Å²) >= 11 is 1.88. The second-order valence-corrected chi connectivity index (χ2v) is 5.41. The number of carboxylic acids is 1. The standard InChI is InChI=1S/C13H17N3O2S/c1-2-19-9-5-7-14-12-11(13(17)18)16-8-4-3-6-10(16)15-12/h3-4,6,8,14H,2,5,7,9H2,1H3,(H,17,18). The van der Waals surface area contributed by atoms with Crippen LogP contribution in [0, 0.1) is 0 Å². The molecule has 0 atom stereocenters.